The predicted molar refractivity (Wildman–Crippen MR) is 85.2 cm³/mol. The van der Waals surface area contributed by atoms with E-state index in [0.717, 1.165) is 34.7 Å². The summed E-state index contributed by atoms with van der Waals surface area (Å²) in [7, 11) is 1.81. The summed E-state index contributed by atoms with van der Waals surface area (Å²) in [5, 5.41) is 4.66. The lowest BCUT2D eigenvalue weighted by Crippen LogP contribution is -2.33. The van der Waals surface area contributed by atoms with Gasteiger partial charge in [0.05, 0.1) is 24.1 Å². The van der Waals surface area contributed by atoms with Crippen LogP contribution in [0.15, 0.2) is 34.3 Å². The van der Waals surface area contributed by atoms with Crippen molar-refractivity contribution in [2.75, 3.05) is 25.5 Å². The minimum atomic E-state index is -0.175. The van der Waals surface area contributed by atoms with Gasteiger partial charge in [0.25, 0.3) is 0 Å². The second-order valence-corrected chi connectivity index (χ2v) is 5.29. The van der Waals surface area contributed by atoms with Gasteiger partial charge in [-0.3, -0.25) is 9.98 Å². The molecule has 0 radical (unpaired) electrons. The number of fused-ring (bicyclic) bond motifs is 1. The molecule has 0 unspecified atom stereocenters. The number of anilines is 1. The topological polar surface area (TPSA) is 49.6 Å². The molecule has 5 heteroatoms. The van der Waals surface area contributed by atoms with Gasteiger partial charge in [0.15, 0.2) is 5.82 Å². The highest BCUT2D eigenvalue weighted by Crippen LogP contribution is 2.20. The third-order valence-electron chi connectivity index (χ3n) is 3.73. The second-order valence-electron chi connectivity index (χ2n) is 5.29. The lowest BCUT2D eigenvalue weighted by atomic mass is 10.0. The molecule has 0 spiro atoms. The van der Waals surface area contributed by atoms with Gasteiger partial charge in [-0.15, -0.1) is 0 Å². The first-order valence-corrected chi connectivity index (χ1v) is 7.59. The Morgan fingerprint density at radius 3 is 2.73 bits per heavy atom. The summed E-state index contributed by atoms with van der Waals surface area (Å²) in [6.07, 6.45) is 1.68. The molecule has 1 aliphatic rings. The number of hydrogen-bond acceptors (Lipinski definition) is 4. The van der Waals surface area contributed by atoms with E-state index in [1.165, 1.54) is 0 Å². The Hall–Kier alpha value is -2.30. The molecule has 1 aromatic carbocycles. The maximum Gasteiger partial charge on any atom is 0.154 e. The molecule has 0 bridgehead atoms. The summed E-state index contributed by atoms with van der Waals surface area (Å²) in [6.45, 7) is 3.41. The van der Waals surface area contributed by atoms with Crippen molar-refractivity contribution >= 4 is 5.82 Å². The molecule has 114 valence electrons. The van der Waals surface area contributed by atoms with Gasteiger partial charge in [0.2, 0.25) is 0 Å². The van der Waals surface area contributed by atoms with Crippen LogP contribution < -0.4 is 16.0 Å². The van der Waals surface area contributed by atoms with E-state index in [9.17, 15) is 4.39 Å². The van der Waals surface area contributed by atoms with Gasteiger partial charge in [0.1, 0.15) is 11.2 Å². The smallest absolute Gasteiger partial charge is 0.154 e. The number of hydrogen-bond donors (Lipinski definition) is 1. The van der Waals surface area contributed by atoms with Crippen LogP contribution in [0.3, 0.4) is 0 Å². The zero-order chi connectivity index (χ0) is 15.5. The summed E-state index contributed by atoms with van der Waals surface area (Å²) in [5.41, 5.74) is 2.22. The van der Waals surface area contributed by atoms with Crippen LogP contribution in [0.1, 0.15) is 18.9 Å². The summed E-state index contributed by atoms with van der Waals surface area (Å²) < 4.78 is 14.2. The van der Waals surface area contributed by atoms with E-state index < -0.39 is 0 Å². The van der Waals surface area contributed by atoms with Crippen LogP contribution in [0.4, 0.5) is 10.2 Å². The Bertz CT molecular complexity index is 814. The van der Waals surface area contributed by atoms with Crippen LogP contribution in [0.5, 0.6) is 0 Å². The average Bonchev–Trinajstić information content (AvgIpc) is 2.55. The maximum atomic E-state index is 14.2. The average molecular weight is 298 g/mol. The van der Waals surface area contributed by atoms with Crippen molar-refractivity contribution < 1.29 is 4.39 Å². The normalized spacial score (nSPS) is 13.0. The van der Waals surface area contributed by atoms with Crippen molar-refractivity contribution in [1.29, 1.82) is 0 Å². The lowest BCUT2D eigenvalue weighted by Gasteiger charge is -2.09. The second kappa shape index (κ2) is 6.22. The highest BCUT2D eigenvalue weighted by Gasteiger charge is 2.10. The SMILES string of the molecule is CCCc1ccc(-c2cc3c(c(NC)n2)=NCCN=3)cc1F. The fraction of sp³-hybridized carbons (Fsp3) is 0.353. The van der Waals surface area contributed by atoms with Crippen molar-refractivity contribution in [2.45, 2.75) is 19.8 Å². The van der Waals surface area contributed by atoms with Crippen molar-refractivity contribution in [1.82, 2.24) is 4.98 Å². The minimum Gasteiger partial charge on any atom is -0.371 e. The number of benzene rings is 1. The Kier molecular flexibility index (Phi) is 4.13. The Morgan fingerprint density at radius 2 is 2.00 bits per heavy atom. The lowest BCUT2D eigenvalue weighted by molar-refractivity contribution is 0.608. The third-order valence-corrected chi connectivity index (χ3v) is 3.73. The van der Waals surface area contributed by atoms with Gasteiger partial charge in [-0.1, -0.05) is 25.5 Å². The van der Waals surface area contributed by atoms with Gasteiger partial charge in [-0.2, -0.15) is 0 Å². The van der Waals surface area contributed by atoms with Crippen molar-refractivity contribution in [3.63, 3.8) is 0 Å². The van der Waals surface area contributed by atoms with E-state index in [1.807, 2.05) is 25.1 Å². The number of aromatic nitrogens is 1. The molecular weight excluding hydrogens is 279 g/mol. The van der Waals surface area contributed by atoms with E-state index in [4.69, 9.17) is 0 Å². The van der Waals surface area contributed by atoms with Gasteiger partial charge in [-0.05, 0) is 24.1 Å². The number of aryl methyl sites for hydroxylation is 1. The van der Waals surface area contributed by atoms with Gasteiger partial charge < -0.3 is 5.32 Å². The first-order chi connectivity index (χ1) is 10.7. The molecule has 0 amide bonds. The standard InChI is InChI=1S/C17H19FN4/c1-3-4-11-5-6-12(9-13(11)18)14-10-15-16(17(19-2)22-14)21-8-7-20-15/h5-6,9-10H,3-4,7-8H2,1-2H3,(H,19,22). The zero-order valence-electron chi connectivity index (χ0n) is 12.9. The fourth-order valence-electron chi connectivity index (χ4n) is 2.63. The van der Waals surface area contributed by atoms with Gasteiger partial charge in [-0.25, -0.2) is 9.37 Å². The molecule has 4 nitrogen and oxygen atoms in total. The molecule has 3 rings (SSSR count). The predicted octanol–water partition coefficient (Wildman–Crippen LogP) is 2.13. The van der Waals surface area contributed by atoms with Gasteiger partial charge >= 0.3 is 0 Å². The van der Waals surface area contributed by atoms with E-state index in [1.54, 1.807) is 13.1 Å². The molecule has 0 aliphatic carbocycles. The molecule has 1 N–H and O–H groups in total. The Labute approximate surface area is 128 Å². The summed E-state index contributed by atoms with van der Waals surface area (Å²) in [6, 6.07) is 7.20. The van der Waals surface area contributed by atoms with Crippen LogP contribution in [-0.4, -0.2) is 25.1 Å². The molecule has 1 aromatic heterocycles. The van der Waals surface area contributed by atoms with Crippen LogP contribution in [0, 0.1) is 5.82 Å². The number of nitrogens with zero attached hydrogens (tertiary/aromatic N) is 3. The van der Waals surface area contributed by atoms with Crippen LogP contribution in [0.2, 0.25) is 0 Å². The highest BCUT2D eigenvalue weighted by atomic mass is 19.1. The molecule has 2 aromatic rings. The third kappa shape index (κ3) is 2.71. The Balaban J connectivity index is 2.11. The van der Waals surface area contributed by atoms with Crippen molar-refractivity contribution in [3.8, 4) is 11.3 Å². The van der Waals surface area contributed by atoms with Crippen molar-refractivity contribution in [2.24, 2.45) is 9.98 Å². The first kappa shape index (κ1) is 14.6. The van der Waals surface area contributed by atoms with E-state index in [2.05, 4.69) is 20.3 Å². The molecule has 2 heterocycles. The number of nitrogens with one attached hydrogen (secondary N) is 1. The zero-order valence-corrected chi connectivity index (χ0v) is 12.9. The number of rotatable bonds is 4. The van der Waals surface area contributed by atoms with Crippen LogP contribution >= 0.6 is 0 Å². The molecule has 22 heavy (non-hydrogen) atoms. The van der Waals surface area contributed by atoms with Crippen molar-refractivity contribution in [3.05, 3.63) is 46.4 Å². The molecule has 0 saturated carbocycles. The number of halogens is 1. The van der Waals surface area contributed by atoms with E-state index in [0.29, 0.717) is 24.6 Å². The summed E-state index contributed by atoms with van der Waals surface area (Å²) in [5.74, 6) is 0.514. The molecule has 0 atom stereocenters. The van der Waals surface area contributed by atoms with Crippen LogP contribution in [0.25, 0.3) is 11.3 Å². The fourth-order valence-corrected chi connectivity index (χ4v) is 2.63. The van der Waals surface area contributed by atoms with E-state index >= 15 is 0 Å². The monoisotopic (exact) mass is 298 g/mol. The molecule has 0 fully saturated rings. The Morgan fingerprint density at radius 1 is 1.18 bits per heavy atom. The van der Waals surface area contributed by atoms with Gasteiger partial charge in [0, 0.05) is 12.6 Å². The maximum absolute atomic E-state index is 14.2. The quantitative estimate of drug-likeness (QED) is 0.940. The van der Waals surface area contributed by atoms with E-state index in [-0.39, 0.29) is 5.82 Å². The number of pyridine rings is 1. The molecule has 0 saturated heterocycles. The van der Waals surface area contributed by atoms with Crippen LogP contribution in [-0.2, 0) is 6.42 Å². The largest absolute Gasteiger partial charge is 0.371 e. The summed E-state index contributed by atoms with van der Waals surface area (Å²) >= 11 is 0. The highest BCUT2D eigenvalue weighted by molar-refractivity contribution is 5.61. The molecular formula is C17H19FN4. The minimum absolute atomic E-state index is 0.175. The first-order valence-electron chi connectivity index (χ1n) is 7.59. The molecule has 1 aliphatic heterocycles. The summed E-state index contributed by atoms with van der Waals surface area (Å²) in [4.78, 5) is 13.5.